The molecule has 3 rings (SSSR count). The Hall–Kier alpha value is -3.40. The minimum absolute atomic E-state index is 0.551. The van der Waals surface area contributed by atoms with Crippen LogP contribution in [0.3, 0.4) is 0 Å². The van der Waals surface area contributed by atoms with E-state index < -0.39 is 0 Å². The van der Waals surface area contributed by atoms with E-state index in [9.17, 15) is 0 Å². The van der Waals surface area contributed by atoms with Gasteiger partial charge in [0.05, 0.1) is 28.4 Å². The molecule has 3 aromatic carbocycles. The first-order valence-corrected chi connectivity index (χ1v) is 8.86. The van der Waals surface area contributed by atoms with E-state index in [4.69, 9.17) is 18.9 Å². The lowest BCUT2D eigenvalue weighted by Gasteiger charge is -2.21. The molecule has 0 heterocycles. The summed E-state index contributed by atoms with van der Waals surface area (Å²) in [7, 11) is 6.49. The molecule has 0 aliphatic rings. The van der Waals surface area contributed by atoms with Crippen LogP contribution in [0.25, 0.3) is 16.7 Å². The van der Waals surface area contributed by atoms with Crippen molar-refractivity contribution in [3.05, 3.63) is 78.4 Å². The van der Waals surface area contributed by atoms with Gasteiger partial charge in [-0.2, -0.15) is 0 Å². The molecule has 0 fully saturated rings. The topological polar surface area (TPSA) is 36.9 Å². The first-order valence-electron chi connectivity index (χ1n) is 8.86. The molecule has 0 saturated heterocycles. The highest BCUT2D eigenvalue weighted by molar-refractivity contribution is 5.93. The molecule has 0 aliphatic heterocycles. The van der Waals surface area contributed by atoms with Crippen LogP contribution in [0.1, 0.15) is 11.1 Å². The van der Waals surface area contributed by atoms with Gasteiger partial charge in [-0.15, -0.1) is 0 Å². The molecular weight excluding hydrogens is 352 g/mol. The highest BCUT2D eigenvalue weighted by atomic mass is 16.5. The lowest BCUT2D eigenvalue weighted by Crippen LogP contribution is -2.01. The lowest BCUT2D eigenvalue weighted by atomic mass is 9.90. The number of ether oxygens (including phenoxy) is 4. The van der Waals surface area contributed by atoms with Crippen molar-refractivity contribution in [1.82, 2.24) is 0 Å². The minimum atomic E-state index is 0.551. The van der Waals surface area contributed by atoms with Gasteiger partial charge in [0.25, 0.3) is 0 Å². The second-order valence-electron chi connectivity index (χ2n) is 6.14. The zero-order valence-corrected chi connectivity index (χ0v) is 16.6. The number of benzene rings is 3. The smallest absolute Gasteiger partial charge is 0.203 e. The number of methoxy groups -OCH3 is 4. The molecule has 0 N–H and O–H groups in total. The van der Waals surface area contributed by atoms with Crippen molar-refractivity contribution >= 4 is 5.57 Å². The third-order valence-electron chi connectivity index (χ3n) is 4.66. The Labute approximate surface area is 165 Å². The van der Waals surface area contributed by atoms with Crippen LogP contribution in [0.4, 0.5) is 0 Å². The van der Waals surface area contributed by atoms with Crippen LogP contribution < -0.4 is 18.9 Å². The molecule has 3 aromatic rings. The predicted octanol–water partition coefficient (Wildman–Crippen LogP) is 5.45. The van der Waals surface area contributed by atoms with Gasteiger partial charge in [0.2, 0.25) is 5.75 Å². The van der Waals surface area contributed by atoms with Crippen molar-refractivity contribution < 1.29 is 18.9 Å². The normalized spacial score (nSPS) is 10.3. The van der Waals surface area contributed by atoms with Crippen LogP contribution in [-0.4, -0.2) is 28.4 Å². The fourth-order valence-electron chi connectivity index (χ4n) is 3.23. The Morgan fingerprint density at radius 3 is 1.89 bits per heavy atom. The zero-order chi connectivity index (χ0) is 20.1. The Morgan fingerprint density at radius 2 is 1.36 bits per heavy atom. The monoisotopic (exact) mass is 376 g/mol. The fraction of sp³-hybridized carbons (Fsp3) is 0.167. The number of hydrogen-bond acceptors (Lipinski definition) is 4. The molecule has 28 heavy (non-hydrogen) atoms. The summed E-state index contributed by atoms with van der Waals surface area (Å²) >= 11 is 0. The van der Waals surface area contributed by atoms with E-state index in [0.717, 1.165) is 33.6 Å². The van der Waals surface area contributed by atoms with Gasteiger partial charge < -0.3 is 18.9 Å². The van der Waals surface area contributed by atoms with Gasteiger partial charge in [0.15, 0.2) is 11.5 Å². The third-order valence-corrected chi connectivity index (χ3v) is 4.66. The highest BCUT2D eigenvalue weighted by Crippen LogP contribution is 2.49. The molecule has 0 aliphatic carbocycles. The standard InChI is InChI=1S/C24H24O4/c1-16(17-11-13-19(25-2)14-12-17)20-15-21(26-3)23(27-4)24(28-5)22(20)18-9-7-6-8-10-18/h6-15H,1H2,2-5H3. The van der Waals surface area contributed by atoms with Crippen molar-refractivity contribution in [2.75, 3.05) is 28.4 Å². The zero-order valence-electron chi connectivity index (χ0n) is 16.6. The first-order chi connectivity index (χ1) is 13.6. The number of rotatable bonds is 7. The molecule has 0 bridgehead atoms. The molecule has 144 valence electrons. The maximum absolute atomic E-state index is 5.76. The van der Waals surface area contributed by atoms with E-state index in [-0.39, 0.29) is 0 Å². The van der Waals surface area contributed by atoms with Gasteiger partial charge in [0.1, 0.15) is 5.75 Å². The summed E-state index contributed by atoms with van der Waals surface area (Å²) in [6.45, 7) is 4.35. The van der Waals surface area contributed by atoms with Crippen LogP contribution in [0.2, 0.25) is 0 Å². The van der Waals surface area contributed by atoms with Crippen molar-refractivity contribution in [3.8, 4) is 34.1 Å². The molecule has 0 aromatic heterocycles. The van der Waals surface area contributed by atoms with Crippen molar-refractivity contribution in [3.63, 3.8) is 0 Å². The summed E-state index contributed by atoms with van der Waals surface area (Å²) in [6, 6.07) is 19.8. The molecule has 0 radical (unpaired) electrons. The van der Waals surface area contributed by atoms with E-state index in [2.05, 4.69) is 6.58 Å². The van der Waals surface area contributed by atoms with E-state index in [0.29, 0.717) is 17.2 Å². The second kappa shape index (κ2) is 8.53. The van der Waals surface area contributed by atoms with Crippen LogP contribution in [0.5, 0.6) is 23.0 Å². The van der Waals surface area contributed by atoms with Crippen LogP contribution in [0.15, 0.2) is 67.2 Å². The van der Waals surface area contributed by atoms with Gasteiger partial charge in [0, 0.05) is 5.56 Å². The van der Waals surface area contributed by atoms with Crippen LogP contribution >= 0.6 is 0 Å². The molecule has 0 spiro atoms. The highest BCUT2D eigenvalue weighted by Gasteiger charge is 2.23. The molecule has 4 heteroatoms. The van der Waals surface area contributed by atoms with Gasteiger partial charge >= 0.3 is 0 Å². The Balaban J connectivity index is 2.27. The summed E-state index contributed by atoms with van der Waals surface area (Å²) in [5.41, 5.74) is 4.64. The molecule has 0 atom stereocenters. The first kappa shape index (κ1) is 19.4. The van der Waals surface area contributed by atoms with Crippen LogP contribution in [0, 0.1) is 0 Å². The van der Waals surface area contributed by atoms with Crippen molar-refractivity contribution in [2.45, 2.75) is 0 Å². The summed E-state index contributed by atoms with van der Waals surface area (Å²) in [4.78, 5) is 0. The lowest BCUT2D eigenvalue weighted by molar-refractivity contribution is 0.325. The summed E-state index contributed by atoms with van der Waals surface area (Å²) < 4.78 is 22.2. The van der Waals surface area contributed by atoms with Gasteiger partial charge in [-0.1, -0.05) is 49.0 Å². The summed E-state index contributed by atoms with van der Waals surface area (Å²) in [6.07, 6.45) is 0. The van der Waals surface area contributed by atoms with Gasteiger partial charge in [-0.3, -0.25) is 0 Å². The second-order valence-corrected chi connectivity index (χ2v) is 6.14. The van der Waals surface area contributed by atoms with Crippen LogP contribution in [-0.2, 0) is 0 Å². The maximum atomic E-state index is 5.76. The summed E-state index contributed by atoms with van der Waals surface area (Å²) in [5, 5.41) is 0. The average molecular weight is 376 g/mol. The molecule has 0 unspecified atom stereocenters. The third kappa shape index (κ3) is 3.54. The Kier molecular flexibility index (Phi) is 5.90. The largest absolute Gasteiger partial charge is 0.497 e. The minimum Gasteiger partial charge on any atom is -0.497 e. The molecular formula is C24H24O4. The van der Waals surface area contributed by atoms with Gasteiger partial charge in [-0.25, -0.2) is 0 Å². The molecule has 4 nitrogen and oxygen atoms in total. The van der Waals surface area contributed by atoms with Crippen molar-refractivity contribution in [2.24, 2.45) is 0 Å². The quantitative estimate of drug-likeness (QED) is 0.549. The average Bonchev–Trinajstić information content (AvgIpc) is 2.77. The van der Waals surface area contributed by atoms with Crippen molar-refractivity contribution in [1.29, 1.82) is 0 Å². The van der Waals surface area contributed by atoms with E-state index in [1.807, 2.05) is 60.7 Å². The molecule has 0 saturated carbocycles. The van der Waals surface area contributed by atoms with E-state index in [1.165, 1.54) is 0 Å². The van der Waals surface area contributed by atoms with Gasteiger partial charge in [-0.05, 0) is 40.5 Å². The summed E-state index contributed by atoms with van der Waals surface area (Å²) in [5.74, 6) is 2.54. The van der Waals surface area contributed by atoms with E-state index in [1.54, 1.807) is 28.4 Å². The maximum Gasteiger partial charge on any atom is 0.203 e. The Morgan fingerprint density at radius 1 is 0.714 bits per heavy atom. The SMILES string of the molecule is C=C(c1ccc(OC)cc1)c1cc(OC)c(OC)c(OC)c1-c1ccccc1. The predicted molar refractivity (Wildman–Crippen MR) is 113 cm³/mol. The number of hydrogen-bond donors (Lipinski definition) is 0. The fourth-order valence-corrected chi connectivity index (χ4v) is 3.23. The Bertz CT molecular complexity index is 960. The van der Waals surface area contributed by atoms with E-state index >= 15 is 0 Å². The molecule has 0 amide bonds.